The molecule has 44 heavy (non-hydrogen) atoms. The Labute approximate surface area is 256 Å². The predicted molar refractivity (Wildman–Crippen MR) is 167 cm³/mol. The summed E-state index contributed by atoms with van der Waals surface area (Å²) >= 11 is 0. The monoisotopic (exact) mass is 611 g/mol. The molecule has 0 aromatic heterocycles. The molecule has 1 aliphatic heterocycles. The van der Waals surface area contributed by atoms with Crippen molar-refractivity contribution in [2.45, 2.75) is 30.4 Å². The molecule has 1 unspecified atom stereocenters. The number of amides is 1. The molecule has 2 aliphatic rings. The number of benzene rings is 4. The molecule has 1 atom stereocenters. The van der Waals surface area contributed by atoms with Crippen LogP contribution in [-0.4, -0.2) is 55.9 Å². The van der Waals surface area contributed by atoms with Crippen LogP contribution in [0.25, 0.3) is 11.1 Å². The lowest BCUT2D eigenvalue weighted by Crippen LogP contribution is -2.39. The maximum atomic E-state index is 13.8. The molecule has 1 N–H and O–H groups in total. The molecule has 1 aliphatic carbocycles. The summed E-state index contributed by atoms with van der Waals surface area (Å²) in [6, 6.07) is 30.1. The SMILES string of the molecule is Cc1ccc(Oc2ccc(C3(CC(=O)O)CCN(C(=O)OCC4c5ccccc5-c5ccccc54)CCS3(=O)=O)cc2)cc1. The number of ether oxygens (including phenoxy) is 2. The lowest BCUT2D eigenvalue weighted by atomic mass is 9.91. The predicted octanol–water partition coefficient (Wildman–Crippen LogP) is 6.53. The van der Waals surface area contributed by atoms with Gasteiger partial charge < -0.3 is 19.5 Å². The van der Waals surface area contributed by atoms with Crippen LogP contribution in [-0.2, 0) is 24.1 Å². The smallest absolute Gasteiger partial charge is 0.409 e. The summed E-state index contributed by atoms with van der Waals surface area (Å²) in [7, 11) is -3.99. The fourth-order valence-corrected chi connectivity index (χ4v) is 8.41. The van der Waals surface area contributed by atoms with E-state index in [0.29, 0.717) is 17.1 Å². The molecule has 4 aromatic rings. The topological polar surface area (TPSA) is 110 Å². The number of rotatable bonds is 7. The standard InChI is InChI=1S/C35H33NO7S/c1-24-10-14-26(15-11-24)43-27-16-12-25(13-17-27)35(22-33(37)38)18-19-36(20-21-44(35,40)41)34(39)42-23-32-30-8-4-2-6-28(30)29-7-3-5-9-31(29)32/h2-17,32H,18-23H2,1H3,(H,37,38). The van der Waals surface area contributed by atoms with E-state index in [1.54, 1.807) is 24.3 Å². The van der Waals surface area contributed by atoms with Crippen molar-refractivity contribution >= 4 is 21.9 Å². The molecular formula is C35H33NO7S. The van der Waals surface area contributed by atoms with Gasteiger partial charge in [0.25, 0.3) is 0 Å². The Morgan fingerprint density at radius 1 is 0.841 bits per heavy atom. The van der Waals surface area contributed by atoms with Crippen LogP contribution in [0.1, 0.15) is 41.0 Å². The van der Waals surface area contributed by atoms with Crippen molar-refractivity contribution < 1.29 is 32.6 Å². The minimum Gasteiger partial charge on any atom is -0.481 e. The second kappa shape index (κ2) is 11.8. The van der Waals surface area contributed by atoms with Crippen molar-refractivity contribution in [2.75, 3.05) is 25.4 Å². The fourth-order valence-electron chi connectivity index (χ4n) is 6.31. The molecule has 6 rings (SSSR count). The zero-order valence-electron chi connectivity index (χ0n) is 24.3. The number of carboxylic acid groups (broad SMARTS) is 1. The Morgan fingerprint density at radius 2 is 1.41 bits per heavy atom. The lowest BCUT2D eigenvalue weighted by molar-refractivity contribution is -0.137. The van der Waals surface area contributed by atoms with E-state index in [1.165, 1.54) is 4.90 Å². The highest BCUT2D eigenvalue weighted by Crippen LogP contribution is 2.45. The van der Waals surface area contributed by atoms with Gasteiger partial charge in [-0.3, -0.25) is 4.79 Å². The van der Waals surface area contributed by atoms with E-state index in [4.69, 9.17) is 9.47 Å². The van der Waals surface area contributed by atoms with Gasteiger partial charge in [-0.1, -0.05) is 78.4 Å². The van der Waals surface area contributed by atoms with Gasteiger partial charge >= 0.3 is 12.1 Å². The van der Waals surface area contributed by atoms with E-state index in [-0.39, 0.29) is 37.8 Å². The number of aryl methyl sites for hydroxylation is 1. The highest BCUT2D eigenvalue weighted by atomic mass is 32.2. The number of nitrogens with zero attached hydrogens (tertiary/aromatic N) is 1. The zero-order chi connectivity index (χ0) is 30.9. The van der Waals surface area contributed by atoms with Crippen molar-refractivity contribution in [3.05, 3.63) is 119 Å². The molecule has 9 heteroatoms. The van der Waals surface area contributed by atoms with Crippen LogP contribution in [0.5, 0.6) is 11.5 Å². The Bertz CT molecular complexity index is 1760. The first-order chi connectivity index (χ1) is 21.2. The van der Waals surface area contributed by atoms with Gasteiger partial charge in [0.2, 0.25) is 0 Å². The number of aliphatic carboxylic acids is 1. The van der Waals surface area contributed by atoms with Gasteiger partial charge in [0.05, 0.1) is 12.2 Å². The Balaban J connectivity index is 1.20. The molecule has 0 bridgehead atoms. The number of carbonyl (C=O) groups is 2. The number of hydrogen-bond acceptors (Lipinski definition) is 6. The van der Waals surface area contributed by atoms with E-state index in [1.807, 2.05) is 67.6 Å². The minimum atomic E-state index is -3.99. The van der Waals surface area contributed by atoms with Gasteiger partial charge in [-0.05, 0) is 65.4 Å². The number of fused-ring (bicyclic) bond motifs is 3. The summed E-state index contributed by atoms with van der Waals surface area (Å²) in [5, 5.41) is 9.83. The van der Waals surface area contributed by atoms with E-state index < -0.39 is 33.1 Å². The highest BCUT2D eigenvalue weighted by Gasteiger charge is 2.49. The van der Waals surface area contributed by atoms with Gasteiger partial charge in [0.1, 0.15) is 22.9 Å². The maximum absolute atomic E-state index is 13.8. The molecule has 1 heterocycles. The quantitative estimate of drug-likeness (QED) is 0.253. The molecule has 1 saturated heterocycles. The molecular weight excluding hydrogens is 578 g/mol. The average molecular weight is 612 g/mol. The van der Waals surface area contributed by atoms with Crippen LogP contribution in [0.2, 0.25) is 0 Å². The van der Waals surface area contributed by atoms with Crippen molar-refractivity contribution in [3.63, 3.8) is 0 Å². The summed E-state index contributed by atoms with van der Waals surface area (Å²) in [6.45, 7) is 2.03. The van der Waals surface area contributed by atoms with Gasteiger partial charge in [0.15, 0.2) is 9.84 Å². The second-order valence-electron chi connectivity index (χ2n) is 11.4. The van der Waals surface area contributed by atoms with Gasteiger partial charge in [-0.25, -0.2) is 13.2 Å². The molecule has 1 amide bonds. The summed E-state index contributed by atoms with van der Waals surface area (Å²) in [5.74, 6) is -0.623. The molecule has 0 radical (unpaired) electrons. The van der Waals surface area contributed by atoms with E-state index in [2.05, 4.69) is 12.1 Å². The first-order valence-corrected chi connectivity index (χ1v) is 16.2. The van der Waals surface area contributed by atoms with E-state index >= 15 is 0 Å². The summed E-state index contributed by atoms with van der Waals surface area (Å²) in [6.07, 6.45) is -1.31. The molecule has 0 saturated carbocycles. The van der Waals surface area contributed by atoms with Crippen molar-refractivity contribution in [2.24, 2.45) is 0 Å². The zero-order valence-corrected chi connectivity index (χ0v) is 25.1. The summed E-state index contributed by atoms with van der Waals surface area (Å²) < 4.78 is 37.6. The third kappa shape index (κ3) is 5.55. The largest absolute Gasteiger partial charge is 0.481 e. The van der Waals surface area contributed by atoms with Crippen LogP contribution >= 0.6 is 0 Å². The first-order valence-electron chi connectivity index (χ1n) is 14.6. The molecule has 8 nitrogen and oxygen atoms in total. The normalized spacial score (nSPS) is 19.0. The van der Waals surface area contributed by atoms with Crippen LogP contribution < -0.4 is 4.74 Å². The van der Waals surface area contributed by atoms with Crippen molar-refractivity contribution in [1.82, 2.24) is 4.90 Å². The minimum absolute atomic E-state index is 0.0325. The number of hydrogen-bond donors (Lipinski definition) is 1. The summed E-state index contributed by atoms with van der Waals surface area (Å²) in [4.78, 5) is 26.8. The third-order valence-corrected chi connectivity index (χ3v) is 11.2. The van der Waals surface area contributed by atoms with E-state index in [0.717, 1.165) is 27.8 Å². The van der Waals surface area contributed by atoms with E-state index in [9.17, 15) is 23.1 Å². The first kappa shape index (κ1) is 29.4. The maximum Gasteiger partial charge on any atom is 0.409 e. The Hall–Kier alpha value is -4.63. The third-order valence-electron chi connectivity index (χ3n) is 8.68. The van der Waals surface area contributed by atoms with Gasteiger partial charge in [0, 0.05) is 19.0 Å². The number of sulfone groups is 1. The fraction of sp³-hybridized carbons (Fsp3) is 0.257. The molecule has 226 valence electrons. The molecule has 1 fully saturated rings. The van der Waals surface area contributed by atoms with Gasteiger partial charge in [-0.2, -0.15) is 0 Å². The highest BCUT2D eigenvalue weighted by molar-refractivity contribution is 7.92. The molecule has 4 aromatic carbocycles. The van der Waals surface area contributed by atoms with Crippen LogP contribution in [0.4, 0.5) is 4.79 Å². The van der Waals surface area contributed by atoms with Crippen LogP contribution in [0.15, 0.2) is 97.1 Å². The van der Waals surface area contributed by atoms with Crippen molar-refractivity contribution in [3.8, 4) is 22.6 Å². The van der Waals surface area contributed by atoms with Crippen molar-refractivity contribution in [1.29, 1.82) is 0 Å². The lowest BCUT2D eigenvalue weighted by Gasteiger charge is -2.31. The number of carboxylic acids is 1. The Morgan fingerprint density at radius 3 is 2.00 bits per heavy atom. The van der Waals surface area contributed by atoms with Crippen LogP contribution in [0.3, 0.4) is 0 Å². The van der Waals surface area contributed by atoms with Gasteiger partial charge in [-0.15, -0.1) is 0 Å². The number of carbonyl (C=O) groups excluding carboxylic acids is 1. The molecule has 0 spiro atoms. The average Bonchev–Trinajstić information content (AvgIpc) is 3.26. The second-order valence-corrected chi connectivity index (χ2v) is 13.8. The van der Waals surface area contributed by atoms with Crippen LogP contribution in [0, 0.1) is 6.92 Å². The summed E-state index contributed by atoms with van der Waals surface area (Å²) in [5.41, 5.74) is 5.82. The Kier molecular flexibility index (Phi) is 7.90.